The summed E-state index contributed by atoms with van der Waals surface area (Å²) in [5.41, 5.74) is 2.22. The quantitative estimate of drug-likeness (QED) is 0.756. The maximum Gasteiger partial charge on any atom is 0.242 e. The van der Waals surface area contributed by atoms with Gasteiger partial charge in [-0.3, -0.25) is 14.2 Å². The van der Waals surface area contributed by atoms with Crippen molar-refractivity contribution in [3.05, 3.63) is 59.9 Å². The molecule has 26 heavy (non-hydrogen) atoms. The maximum absolute atomic E-state index is 12.6. The number of aliphatic hydroxyl groups excluding tert-OH is 1. The zero-order valence-electron chi connectivity index (χ0n) is 14.7. The molecule has 1 N–H and O–H groups in total. The van der Waals surface area contributed by atoms with Crippen molar-refractivity contribution >= 4 is 5.91 Å². The first-order valence-electron chi connectivity index (χ1n) is 8.73. The van der Waals surface area contributed by atoms with Crippen LogP contribution < -0.4 is 0 Å². The summed E-state index contributed by atoms with van der Waals surface area (Å²) in [6.07, 6.45) is 5.45. The van der Waals surface area contributed by atoms with Crippen LogP contribution in [0.3, 0.4) is 0 Å². The van der Waals surface area contributed by atoms with Gasteiger partial charge < -0.3 is 14.6 Å². The summed E-state index contributed by atoms with van der Waals surface area (Å²) in [5, 5.41) is 19.3. The number of carbonyl (C=O) groups excluding carboxylic acids is 1. The number of hydrogen-bond donors (Lipinski definition) is 1. The molecule has 4 heterocycles. The third-order valence-corrected chi connectivity index (χ3v) is 4.79. The van der Waals surface area contributed by atoms with Crippen LogP contribution in [0.2, 0.25) is 0 Å². The van der Waals surface area contributed by atoms with E-state index in [1.165, 1.54) is 0 Å². The SMILES string of the molecule is Cn1nccc1[C@H](O)c1cc2n(n1)CCCN(C(=O)Cn1cccc1)C2. The summed E-state index contributed by atoms with van der Waals surface area (Å²) in [6, 6.07) is 7.49. The molecule has 3 aromatic rings. The van der Waals surface area contributed by atoms with Crippen LogP contribution in [0.1, 0.15) is 29.6 Å². The molecule has 0 radical (unpaired) electrons. The summed E-state index contributed by atoms with van der Waals surface area (Å²) in [4.78, 5) is 14.5. The van der Waals surface area contributed by atoms with Gasteiger partial charge in [0, 0.05) is 38.7 Å². The fourth-order valence-corrected chi connectivity index (χ4v) is 3.37. The lowest BCUT2D eigenvalue weighted by atomic mass is 10.2. The highest BCUT2D eigenvalue weighted by Gasteiger charge is 2.24. The first-order chi connectivity index (χ1) is 12.6. The van der Waals surface area contributed by atoms with Gasteiger partial charge in [0.25, 0.3) is 0 Å². The second-order valence-corrected chi connectivity index (χ2v) is 6.59. The predicted octanol–water partition coefficient (Wildman–Crippen LogP) is 0.932. The second-order valence-electron chi connectivity index (χ2n) is 6.59. The molecule has 0 spiro atoms. The molecule has 0 bridgehead atoms. The van der Waals surface area contributed by atoms with Crippen LogP contribution in [0.25, 0.3) is 0 Å². The molecule has 0 fully saturated rings. The first-order valence-corrected chi connectivity index (χ1v) is 8.73. The Balaban J connectivity index is 1.52. The number of hydrogen-bond acceptors (Lipinski definition) is 4. The summed E-state index contributed by atoms with van der Waals surface area (Å²) in [6.45, 7) is 2.29. The van der Waals surface area contributed by atoms with Gasteiger partial charge in [-0.25, -0.2) is 0 Å². The maximum atomic E-state index is 12.6. The Kier molecular flexibility index (Phi) is 4.34. The lowest BCUT2D eigenvalue weighted by Gasteiger charge is -2.20. The fraction of sp³-hybridized carbons (Fsp3) is 0.389. The molecule has 1 aliphatic heterocycles. The molecule has 0 aliphatic carbocycles. The number of rotatable bonds is 4. The highest BCUT2D eigenvalue weighted by atomic mass is 16.3. The monoisotopic (exact) mass is 354 g/mol. The molecule has 1 atom stereocenters. The van der Waals surface area contributed by atoms with Gasteiger partial charge in [0.05, 0.1) is 23.6 Å². The summed E-state index contributed by atoms with van der Waals surface area (Å²) >= 11 is 0. The molecule has 8 heteroatoms. The fourth-order valence-electron chi connectivity index (χ4n) is 3.37. The molecule has 136 valence electrons. The Morgan fingerprint density at radius 2 is 2.12 bits per heavy atom. The van der Waals surface area contributed by atoms with E-state index in [-0.39, 0.29) is 5.91 Å². The molecule has 8 nitrogen and oxygen atoms in total. The summed E-state index contributed by atoms with van der Waals surface area (Å²) in [5.74, 6) is 0.0876. The van der Waals surface area contributed by atoms with Gasteiger partial charge in [-0.15, -0.1) is 0 Å². The zero-order chi connectivity index (χ0) is 18.1. The molecular weight excluding hydrogens is 332 g/mol. The van der Waals surface area contributed by atoms with E-state index in [9.17, 15) is 9.90 Å². The van der Waals surface area contributed by atoms with Crippen molar-refractivity contribution in [1.82, 2.24) is 29.0 Å². The van der Waals surface area contributed by atoms with E-state index in [0.29, 0.717) is 31.0 Å². The predicted molar refractivity (Wildman–Crippen MR) is 94.0 cm³/mol. The molecule has 4 rings (SSSR count). The Hall–Kier alpha value is -2.87. The summed E-state index contributed by atoms with van der Waals surface area (Å²) < 4.78 is 5.42. The van der Waals surface area contributed by atoms with Gasteiger partial charge in [0.1, 0.15) is 12.6 Å². The average Bonchev–Trinajstić information content (AvgIpc) is 3.34. The van der Waals surface area contributed by atoms with E-state index in [1.54, 1.807) is 24.0 Å². The number of aliphatic hydroxyl groups is 1. The lowest BCUT2D eigenvalue weighted by molar-refractivity contribution is -0.132. The number of aromatic nitrogens is 5. The molecule has 1 amide bonds. The third-order valence-electron chi connectivity index (χ3n) is 4.79. The topological polar surface area (TPSA) is 81.1 Å². The van der Waals surface area contributed by atoms with Gasteiger partial charge >= 0.3 is 0 Å². The van der Waals surface area contributed by atoms with Crippen LogP contribution in [-0.2, 0) is 31.5 Å². The van der Waals surface area contributed by atoms with Gasteiger partial charge in [-0.2, -0.15) is 10.2 Å². The molecule has 3 aromatic heterocycles. The number of amides is 1. The first kappa shape index (κ1) is 16.6. The van der Waals surface area contributed by atoms with Crippen molar-refractivity contribution in [2.24, 2.45) is 7.05 Å². The van der Waals surface area contributed by atoms with Gasteiger partial charge in [-0.05, 0) is 30.7 Å². The van der Waals surface area contributed by atoms with Crippen molar-refractivity contribution in [2.75, 3.05) is 6.54 Å². The van der Waals surface area contributed by atoms with Crippen LogP contribution in [0, 0.1) is 0 Å². The smallest absolute Gasteiger partial charge is 0.242 e. The normalized spacial score (nSPS) is 15.5. The number of carbonyl (C=O) groups is 1. The standard InChI is InChI=1S/C18H22N6O2/c1-21-16(5-6-19-21)18(26)15-11-14-12-23(9-4-10-24(14)20-15)17(25)13-22-7-2-3-8-22/h2-3,5-8,11,18,26H,4,9-10,12-13H2,1H3/t18-/m1/s1. The molecule has 0 saturated heterocycles. The van der Waals surface area contributed by atoms with Crippen LogP contribution in [0.15, 0.2) is 42.9 Å². The highest BCUT2D eigenvalue weighted by Crippen LogP contribution is 2.23. The van der Waals surface area contributed by atoms with Crippen LogP contribution in [-0.4, -0.2) is 46.6 Å². The van der Waals surface area contributed by atoms with Crippen LogP contribution in [0.5, 0.6) is 0 Å². The lowest BCUT2D eigenvalue weighted by Crippen LogP contribution is -2.33. The van der Waals surface area contributed by atoms with Gasteiger partial charge in [0.2, 0.25) is 5.91 Å². The number of aryl methyl sites for hydroxylation is 2. The second kappa shape index (κ2) is 6.80. The van der Waals surface area contributed by atoms with E-state index in [2.05, 4.69) is 10.2 Å². The van der Waals surface area contributed by atoms with Crippen molar-refractivity contribution in [2.45, 2.75) is 32.2 Å². The van der Waals surface area contributed by atoms with Crippen molar-refractivity contribution in [1.29, 1.82) is 0 Å². The van der Waals surface area contributed by atoms with E-state index in [0.717, 1.165) is 18.7 Å². The van der Waals surface area contributed by atoms with E-state index in [4.69, 9.17) is 0 Å². The third kappa shape index (κ3) is 3.15. The zero-order valence-corrected chi connectivity index (χ0v) is 14.7. The minimum atomic E-state index is -0.828. The van der Waals surface area contributed by atoms with Gasteiger partial charge in [-0.1, -0.05) is 0 Å². The van der Waals surface area contributed by atoms with Crippen LogP contribution in [0.4, 0.5) is 0 Å². The molecule has 1 aliphatic rings. The molecular formula is C18H22N6O2. The van der Waals surface area contributed by atoms with E-state index in [1.807, 2.05) is 44.7 Å². The largest absolute Gasteiger partial charge is 0.380 e. The van der Waals surface area contributed by atoms with Crippen molar-refractivity contribution in [3.63, 3.8) is 0 Å². The minimum absolute atomic E-state index is 0.0876. The Bertz CT molecular complexity index is 895. The van der Waals surface area contributed by atoms with Crippen LogP contribution >= 0.6 is 0 Å². The van der Waals surface area contributed by atoms with E-state index >= 15 is 0 Å². The van der Waals surface area contributed by atoms with E-state index < -0.39 is 6.10 Å². The number of nitrogens with zero attached hydrogens (tertiary/aromatic N) is 6. The molecule has 0 aromatic carbocycles. The van der Waals surface area contributed by atoms with Crippen molar-refractivity contribution < 1.29 is 9.90 Å². The number of fused-ring (bicyclic) bond motifs is 1. The van der Waals surface area contributed by atoms with Gasteiger partial charge in [0.15, 0.2) is 0 Å². The summed E-state index contributed by atoms with van der Waals surface area (Å²) in [7, 11) is 1.79. The molecule has 0 unspecified atom stereocenters. The Morgan fingerprint density at radius 1 is 1.31 bits per heavy atom. The Morgan fingerprint density at radius 3 is 2.85 bits per heavy atom. The highest BCUT2D eigenvalue weighted by molar-refractivity contribution is 5.76. The average molecular weight is 354 g/mol. The molecule has 0 saturated carbocycles. The minimum Gasteiger partial charge on any atom is -0.380 e. The Labute approximate surface area is 151 Å². The van der Waals surface area contributed by atoms with Crippen molar-refractivity contribution in [3.8, 4) is 0 Å².